The van der Waals surface area contributed by atoms with E-state index in [2.05, 4.69) is 5.32 Å². The zero-order valence-electron chi connectivity index (χ0n) is 16.4. The van der Waals surface area contributed by atoms with Crippen molar-refractivity contribution in [3.05, 3.63) is 23.2 Å². The summed E-state index contributed by atoms with van der Waals surface area (Å²) in [4.78, 5) is 41.3. The highest BCUT2D eigenvalue weighted by atomic mass is 16.2. The molecule has 1 saturated heterocycles. The van der Waals surface area contributed by atoms with Gasteiger partial charge in [0.1, 0.15) is 19.5 Å². The zero-order valence-corrected chi connectivity index (χ0v) is 15.4. The summed E-state index contributed by atoms with van der Waals surface area (Å²) in [6.45, 7) is 7.53. The normalized spacial score (nSPS) is 26.9. The predicted molar refractivity (Wildman–Crippen MR) is 93.9 cm³/mol. The van der Waals surface area contributed by atoms with Crippen LogP contribution < -0.4 is 10.7 Å². The molecular formula is C18H25N5O3. The number of carbonyl (C=O) groups excluding carboxylic acids is 3. The molecule has 0 saturated carbocycles. The van der Waals surface area contributed by atoms with E-state index in [1.807, 2.05) is 20.8 Å². The molecule has 4 rings (SSSR count). The van der Waals surface area contributed by atoms with Crippen molar-refractivity contribution in [3.8, 4) is 0 Å². The minimum atomic E-state index is -0.374. The minimum Gasteiger partial charge on any atom is -0.341 e. The van der Waals surface area contributed by atoms with E-state index in [4.69, 9.17) is 1.41 Å². The number of nitrogens with zero attached hydrogens (tertiary/aromatic N) is 3. The van der Waals surface area contributed by atoms with E-state index in [0.29, 0.717) is 11.4 Å². The topological polar surface area (TPSA) is 85.0 Å². The molecule has 0 bridgehead atoms. The van der Waals surface area contributed by atoms with Crippen molar-refractivity contribution < 1.29 is 15.8 Å². The molecule has 8 heteroatoms. The molecule has 0 spiro atoms. The van der Waals surface area contributed by atoms with Crippen molar-refractivity contribution >= 4 is 17.7 Å². The average Bonchev–Trinajstić information content (AvgIpc) is 3.28. The van der Waals surface area contributed by atoms with E-state index in [9.17, 15) is 14.4 Å². The van der Waals surface area contributed by atoms with Gasteiger partial charge in [-0.1, -0.05) is 20.8 Å². The number of nitrogens with one attached hydrogen (secondary N) is 2. The number of fused-ring (bicyclic) bond motifs is 1. The summed E-state index contributed by atoms with van der Waals surface area (Å²) in [5.41, 5.74) is 1.48. The highest BCUT2D eigenvalue weighted by Gasteiger charge is 2.45. The lowest BCUT2D eigenvalue weighted by molar-refractivity contribution is -0.137. The maximum atomic E-state index is 13.0. The molecule has 26 heavy (non-hydrogen) atoms. The Morgan fingerprint density at radius 3 is 2.62 bits per heavy atom. The molecule has 1 fully saturated rings. The Morgan fingerprint density at radius 1 is 1.27 bits per heavy atom. The molecule has 0 radical (unpaired) electrons. The lowest BCUT2D eigenvalue weighted by atomic mass is 9.87. The summed E-state index contributed by atoms with van der Waals surface area (Å²) in [6, 6.07) is -0.285. The first-order chi connectivity index (χ1) is 12.7. The zero-order chi connectivity index (χ0) is 19.5. The molecule has 4 heterocycles. The fraction of sp³-hybridized carbons (Fsp3) is 0.611. The fourth-order valence-corrected chi connectivity index (χ4v) is 3.67. The Kier molecular flexibility index (Phi) is 3.56. The third-order valence-corrected chi connectivity index (χ3v) is 5.31. The van der Waals surface area contributed by atoms with E-state index < -0.39 is 0 Å². The summed E-state index contributed by atoms with van der Waals surface area (Å²) in [5.74, 6) is -0.346. The van der Waals surface area contributed by atoms with Crippen LogP contribution in [0.5, 0.6) is 0 Å². The van der Waals surface area contributed by atoms with Crippen LogP contribution in [0.1, 0.15) is 33.6 Å². The third-order valence-electron chi connectivity index (χ3n) is 5.31. The first kappa shape index (κ1) is 15.9. The molecule has 140 valence electrons. The summed E-state index contributed by atoms with van der Waals surface area (Å²) >= 11 is 0. The standard InChI is InChI=1S/C18H25N5O3/c1-18(2,3)12-8-13-19-15-11(16(25)23(13)20-12)9-22(17(15)26)10-14(24)21-6-4-5-7-21/h8,12,19-20H,4-7,9-10H2,1-3H3/i/hD. The first-order valence-corrected chi connectivity index (χ1v) is 9.10. The highest BCUT2D eigenvalue weighted by molar-refractivity contribution is 6.10. The van der Waals surface area contributed by atoms with Gasteiger partial charge in [-0.15, -0.1) is 0 Å². The summed E-state index contributed by atoms with van der Waals surface area (Å²) < 4.78 is 8.34. The van der Waals surface area contributed by atoms with Crippen LogP contribution in [0.3, 0.4) is 0 Å². The Hall–Kier alpha value is -2.35. The number of rotatable bonds is 2. The van der Waals surface area contributed by atoms with E-state index in [0.717, 1.165) is 31.3 Å². The van der Waals surface area contributed by atoms with Crippen LogP contribution in [0.25, 0.3) is 0 Å². The van der Waals surface area contributed by atoms with Gasteiger partial charge in [-0.2, -0.15) is 0 Å². The summed E-state index contributed by atoms with van der Waals surface area (Å²) in [6.07, 6.45) is 3.79. The lowest BCUT2D eigenvalue weighted by Crippen LogP contribution is -2.50. The molecule has 1 unspecified atom stereocenters. The van der Waals surface area contributed by atoms with E-state index in [1.165, 1.54) is 9.91 Å². The fourth-order valence-electron chi connectivity index (χ4n) is 3.67. The van der Waals surface area contributed by atoms with Gasteiger partial charge in [0.2, 0.25) is 5.91 Å². The smallest absolute Gasteiger partial charge is 0.274 e. The van der Waals surface area contributed by atoms with Crippen molar-refractivity contribution in [2.75, 3.05) is 26.2 Å². The van der Waals surface area contributed by atoms with Crippen molar-refractivity contribution in [1.82, 2.24) is 25.5 Å². The van der Waals surface area contributed by atoms with Crippen molar-refractivity contribution in [3.63, 3.8) is 0 Å². The SMILES string of the molecule is [2H]N1C(C(C)(C)C)C=C2NC3=C(CN(CC(=O)N4CCCC4)C3=O)C(=O)N21. The van der Waals surface area contributed by atoms with Crippen molar-refractivity contribution in [2.24, 2.45) is 5.41 Å². The van der Waals surface area contributed by atoms with Crippen molar-refractivity contribution in [2.45, 2.75) is 39.7 Å². The molecule has 4 aliphatic heterocycles. The summed E-state index contributed by atoms with van der Waals surface area (Å²) in [5, 5.41) is 4.30. The Labute approximate surface area is 154 Å². The molecule has 4 aliphatic rings. The first-order valence-electron chi connectivity index (χ1n) is 9.54. The molecule has 2 N–H and O–H groups in total. The number of likely N-dealkylation sites (tertiary alicyclic amines) is 1. The van der Waals surface area contributed by atoms with Crippen molar-refractivity contribution in [1.29, 1.82) is 0 Å². The minimum absolute atomic E-state index is 0.0188. The van der Waals surface area contributed by atoms with E-state index >= 15 is 0 Å². The molecular weight excluding hydrogens is 334 g/mol. The maximum absolute atomic E-state index is 13.0. The van der Waals surface area contributed by atoms with E-state index in [1.54, 1.807) is 11.0 Å². The van der Waals surface area contributed by atoms with Gasteiger partial charge in [0, 0.05) is 13.1 Å². The van der Waals surface area contributed by atoms with Gasteiger partial charge in [0.25, 0.3) is 11.8 Å². The van der Waals surface area contributed by atoms with Crippen LogP contribution in [0, 0.1) is 5.41 Å². The van der Waals surface area contributed by atoms with Crippen LogP contribution in [0.2, 0.25) is 1.41 Å². The Bertz CT molecular complexity index is 778. The Morgan fingerprint density at radius 2 is 1.96 bits per heavy atom. The second-order valence-corrected chi connectivity index (χ2v) is 8.32. The molecule has 0 aliphatic carbocycles. The molecule has 0 aromatic rings. The Balaban J connectivity index is 1.52. The quantitative estimate of drug-likeness (QED) is 0.719. The molecule has 1 atom stereocenters. The molecule has 0 aromatic carbocycles. The molecule has 0 aromatic heterocycles. The monoisotopic (exact) mass is 360 g/mol. The maximum Gasteiger partial charge on any atom is 0.274 e. The van der Waals surface area contributed by atoms with Gasteiger partial charge in [-0.3, -0.25) is 14.4 Å². The van der Waals surface area contributed by atoms with Crippen LogP contribution in [-0.4, -0.2) is 64.8 Å². The van der Waals surface area contributed by atoms with Crippen LogP contribution >= 0.6 is 0 Å². The van der Waals surface area contributed by atoms with Gasteiger partial charge in [-0.05, 0) is 24.3 Å². The predicted octanol–water partition coefficient (Wildman–Crippen LogP) is -0.0888. The number of amides is 3. The van der Waals surface area contributed by atoms with E-state index in [-0.39, 0.29) is 48.0 Å². The number of hydrazine groups is 1. The second kappa shape index (κ2) is 5.84. The second-order valence-electron chi connectivity index (χ2n) is 8.32. The lowest BCUT2D eigenvalue weighted by Gasteiger charge is -2.30. The number of hydrogen-bond acceptors (Lipinski definition) is 5. The van der Waals surface area contributed by atoms with Gasteiger partial charge in [-0.25, -0.2) is 10.4 Å². The van der Waals surface area contributed by atoms with Gasteiger partial charge >= 0.3 is 0 Å². The van der Waals surface area contributed by atoms with Gasteiger partial charge < -0.3 is 15.1 Å². The number of hydrogen-bond donors (Lipinski definition) is 2. The van der Waals surface area contributed by atoms with Crippen LogP contribution in [0.15, 0.2) is 23.2 Å². The van der Waals surface area contributed by atoms with Crippen LogP contribution in [-0.2, 0) is 14.4 Å². The molecule has 3 amide bonds. The average molecular weight is 360 g/mol. The highest BCUT2D eigenvalue weighted by Crippen LogP contribution is 2.32. The summed E-state index contributed by atoms with van der Waals surface area (Å²) in [7, 11) is 0. The number of carbonyl (C=O) groups is 3. The van der Waals surface area contributed by atoms with Crippen LogP contribution in [0.4, 0.5) is 0 Å². The molecule has 8 nitrogen and oxygen atoms in total. The third kappa shape index (κ3) is 2.68. The largest absolute Gasteiger partial charge is 0.341 e. The van der Waals surface area contributed by atoms with Gasteiger partial charge in [0.15, 0.2) is 0 Å². The van der Waals surface area contributed by atoms with Gasteiger partial charge in [0.05, 0.1) is 18.2 Å².